The molecule has 0 bridgehead atoms. The van der Waals surface area contributed by atoms with Crippen LogP contribution in [-0.2, 0) is 15.1 Å². The highest BCUT2D eigenvalue weighted by Gasteiger charge is 2.48. The molecule has 1 aliphatic carbocycles. The third-order valence-corrected chi connectivity index (χ3v) is 6.06. The molecular weight excluding hydrogens is 465 g/mol. The molecule has 2 aromatic rings. The molecule has 1 N–H and O–H groups in total. The van der Waals surface area contributed by atoms with Crippen molar-refractivity contribution in [3.05, 3.63) is 48.5 Å². The van der Waals surface area contributed by atoms with Gasteiger partial charge in [-0.1, -0.05) is 11.6 Å². The lowest BCUT2D eigenvalue weighted by Crippen LogP contribution is -2.60. The maximum atomic E-state index is 14.1. The van der Waals surface area contributed by atoms with Gasteiger partial charge in [-0.15, -0.1) is 12.6 Å². The number of benzene rings is 1. The molecule has 2 amide bonds. The third-order valence-electron chi connectivity index (χ3n) is 5.58. The number of rotatable bonds is 6. The Kier molecular flexibility index (Phi) is 7.34. The van der Waals surface area contributed by atoms with E-state index in [0.717, 1.165) is 4.90 Å². The van der Waals surface area contributed by atoms with E-state index in [1.54, 1.807) is 12.1 Å². The second-order valence-electron chi connectivity index (χ2n) is 7.79. The number of halogens is 4. The Morgan fingerprint density at radius 1 is 1.22 bits per heavy atom. The maximum absolute atomic E-state index is 14.1. The molecule has 32 heavy (non-hydrogen) atoms. The fourth-order valence-corrected chi connectivity index (χ4v) is 3.97. The van der Waals surface area contributed by atoms with Crippen LogP contribution in [0.2, 0.25) is 0 Å². The Labute approximate surface area is 194 Å². The molecular formula is C21H22ClF3N4O2S. The SMILES string of the molecule is C[C@](C(=O)NC1CCC(F)(F)CC1)(c1cncnc1)N(C(=O)[C@H](F)Cl)c1ccc(S)cc1. The zero-order valence-corrected chi connectivity index (χ0v) is 18.8. The van der Waals surface area contributed by atoms with Crippen molar-refractivity contribution in [1.29, 1.82) is 0 Å². The smallest absolute Gasteiger partial charge is 0.278 e. The van der Waals surface area contributed by atoms with Crippen LogP contribution < -0.4 is 10.2 Å². The highest BCUT2D eigenvalue weighted by atomic mass is 35.5. The molecule has 0 unspecified atom stereocenters. The minimum Gasteiger partial charge on any atom is -0.351 e. The molecule has 1 fully saturated rings. The first-order valence-electron chi connectivity index (χ1n) is 9.90. The number of carbonyl (C=O) groups excluding carboxylic acids is 2. The van der Waals surface area contributed by atoms with Crippen LogP contribution in [0.4, 0.5) is 18.9 Å². The molecule has 11 heteroatoms. The normalized spacial score (nSPS) is 18.9. The molecule has 2 atom stereocenters. The Bertz CT molecular complexity index is 955. The summed E-state index contributed by atoms with van der Waals surface area (Å²) in [7, 11) is 0. The van der Waals surface area contributed by atoms with Crippen LogP contribution in [0, 0.1) is 0 Å². The summed E-state index contributed by atoms with van der Waals surface area (Å²) in [5.74, 6) is -4.63. The minimum atomic E-state index is -2.77. The van der Waals surface area contributed by atoms with Gasteiger partial charge >= 0.3 is 0 Å². The van der Waals surface area contributed by atoms with Gasteiger partial charge in [0, 0.05) is 47.4 Å². The Hall–Kier alpha value is -2.33. The molecule has 0 spiro atoms. The van der Waals surface area contributed by atoms with Gasteiger partial charge in [-0.3, -0.25) is 14.5 Å². The number of amides is 2. The Balaban J connectivity index is 2.05. The third kappa shape index (κ3) is 5.17. The van der Waals surface area contributed by atoms with E-state index in [0.29, 0.717) is 4.90 Å². The summed E-state index contributed by atoms with van der Waals surface area (Å²) in [4.78, 5) is 35.9. The monoisotopic (exact) mass is 486 g/mol. The van der Waals surface area contributed by atoms with Crippen LogP contribution >= 0.6 is 24.2 Å². The first kappa shape index (κ1) is 24.3. The van der Waals surface area contributed by atoms with E-state index in [1.807, 2.05) is 0 Å². The fourth-order valence-electron chi connectivity index (χ4n) is 3.73. The van der Waals surface area contributed by atoms with Crippen molar-refractivity contribution in [2.45, 2.75) is 60.6 Å². The van der Waals surface area contributed by atoms with Gasteiger partial charge in [0.05, 0.1) is 0 Å². The highest BCUT2D eigenvalue weighted by Crippen LogP contribution is 2.37. The summed E-state index contributed by atoms with van der Waals surface area (Å²) in [6.45, 7) is 1.41. The number of alkyl halides is 4. The standard InChI is InChI=1S/C21H22ClF3N4O2S/c1-20(13-10-26-12-27-11-13,19(31)28-14-6-8-21(24,25)9-7-14)29(18(30)17(22)23)15-2-4-16(32)5-3-15/h2-5,10-12,14,17,32H,6-9H2,1H3,(H,28,31)/t17-,20+/m0/s1. The van der Waals surface area contributed by atoms with Gasteiger partial charge in [0.25, 0.3) is 17.4 Å². The van der Waals surface area contributed by atoms with E-state index in [-0.39, 0.29) is 36.9 Å². The van der Waals surface area contributed by atoms with Crippen molar-refractivity contribution in [2.75, 3.05) is 4.90 Å². The topological polar surface area (TPSA) is 75.2 Å². The first-order valence-corrected chi connectivity index (χ1v) is 10.8. The second-order valence-corrected chi connectivity index (χ2v) is 8.69. The van der Waals surface area contributed by atoms with Gasteiger partial charge in [0.2, 0.25) is 5.92 Å². The molecule has 0 aliphatic heterocycles. The number of carbonyl (C=O) groups is 2. The zero-order valence-electron chi connectivity index (χ0n) is 17.1. The molecule has 1 saturated carbocycles. The molecule has 0 saturated heterocycles. The number of nitrogens with one attached hydrogen (secondary N) is 1. The first-order chi connectivity index (χ1) is 15.0. The number of aromatic nitrogens is 2. The average molecular weight is 487 g/mol. The minimum absolute atomic E-state index is 0.0731. The van der Waals surface area contributed by atoms with E-state index in [1.165, 1.54) is 37.8 Å². The second kappa shape index (κ2) is 9.66. The van der Waals surface area contributed by atoms with Gasteiger partial charge in [0.15, 0.2) is 5.54 Å². The molecule has 1 aliphatic rings. The molecule has 172 valence electrons. The number of anilines is 1. The van der Waals surface area contributed by atoms with E-state index < -0.39 is 34.9 Å². The summed E-state index contributed by atoms with van der Waals surface area (Å²) < 4.78 is 41.2. The van der Waals surface area contributed by atoms with Crippen molar-refractivity contribution in [3.8, 4) is 0 Å². The Morgan fingerprint density at radius 3 is 2.31 bits per heavy atom. The fraction of sp³-hybridized carbons (Fsp3) is 0.429. The van der Waals surface area contributed by atoms with Gasteiger partial charge < -0.3 is 5.32 Å². The number of nitrogens with zero attached hydrogens (tertiary/aromatic N) is 3. The predicted molar refractivity (Wildman–Crippen MR) is 117 cm³/mol. The van der Waals surface area contributed by atoms with Crippen LogP contribution in [0.3, 0.4) is 0 Å². The van der Waals surface area contributed by atoms with Crippen molar-refractivity contribution in [3.63, 3.8) is 0 Å². The van der Waals surface area contributed by atoms with Gasteiger partial charge in [0.1, 0.15) is 6.33 Å². The van der Waals surface area contributed by atoms with Crippen LogP contribution in [0.5, 0.6) is 0 Å². The van der Waals surface area contributed by atoms with Crippen molar-refractivity contribution >= 4 is 41.7 Å². The van der Waals surface area contributed by atoms with E-state index >= 15 is 0 Å². The predicted octanol–water partition coefficient (Wildman–Crippen LogP) is 4.24. The summed E-state index contributed by atoms with van der Waals surface area (Å²) >= 11 is 9.72. The van der Waals surface area contributed by atoms with Crippen LogP contribution in [0.25, 0.3) is 0 Å². The van der Waals surface area contributed by atoms with Crippen molar-refractivity contribution in [2.24, 2.45) is 0 Å². The van der Waals surface area contributed by atoms with E-state index in [9.17, 15) is 22.8 Å². The summed E-state index contributed by atoms with van der Waals surface area (Å²) in [5, 5.41) is 2.75. The molecule has 3 rings (SSSR count). The Morgan fingerprint density at radius 2 is 1.78 bits per heavy atom. The summed E-state index contributed by atoms with van der Waals surface area (Å²) in [5.41, 5.74) is -3.88. The molecule has 1 heterocycles. The summed E-state index contributed by atoms with van der Waals surface area (Å²) in [6, 6.07) is 5.61. The lowest BCUT2D eigenvalue weighted by Gasteiger charge is -2.41. The summed E-state index contributed by atoms with van der Waals surface area (Å²) in [6.07, 6.45) is 3.33. The largest absolute Gasteiger partial charge is 0.351 e. The molecule has 1 aromatic heterocycles. The number of hydrogen-bond acceptors (Lipinski definition) is 5. The number of hydrogen-bond donors (Lipinski definition) is 2. The quantitative estimate of drug-likeness (QED) is 0.473. The van der Waals surface area contributed by atoms with E-state index in [2.05, 4.69) is 27.9 Å². The molecule has 0 radical (unpaired) electrons. The van der Waals surface area contributed by atoms with Gasteiger partial charge in [-0.05, 0) is 44.0 Å². The highest BCUT2D eigenvalue weighted by molar-refractivity contribution is 7.80. The lowest BCUT2D eigenvalue weighted by atomic mass is 9.87. The van der Waals surface area contributed by atoms with Gasteiger partial charge in [-0.2, -0.15) is 0 Å². The van der Waals surface area contributed by atoms with E-state index in [4.69, 9.17) is 11.6 Å². The van der Waals surface area contributed by atoms with Crippen LogP contribution in [0.15, 0.2) is 47.9 Å². The van der Waals surface area contributed by atoms with Crippen molar-refractivity contribution < 1.29 is 22.8 Å². The maximum Gasteiger partial charge on any atom is 0.278 e. The molecule has 1 aromatic carbocycles. The van der Waals surface area contributed by atoms with Gasteiger partial charge in [-0.25, -0.2) is 23.1 Å². The molecule has 6 nitrogen and oxygen atoms in total. The van der Waals surface area contributed by atoms with Crippen LogP contribution in [-0.4, -0.2) is 39.4 Å². The zero-order chi connectivity index (χ0) is 23.5. The average Bonchev–Trinajstić information content (AvgIpc) is 2.77. The lowest BCUT2D eigenvalue weighted by molar-refractivity contribution is -0.132. The van der Waals surface area contributed by atoms with Crippen LogP contribution in [0.1, 0.15) is 38.2 Å². The van der Waals surface area contributed by atoms with Crippen molar-refractivity contribution in [1.82, 2.24) is 15.3 Å². The number of thiol groups is 1.